The number of halogens is 1. The molecule has 0 bridgehead atoms. The molecule has 1 aliphatic rings. The maximum Gasteiger partial charge on any atom is 0.0625 e. The standard InChI is InChI=1S/C14H24ClN3/c1-4-13-8-14(18(5-2)16-13)10-17(3)9-11-6-12(15)7-11/h8,11-12H,4-7,9-10H2,1-3H3. The van der Waals surface area contributed by atoms with Crippen LogP contribution in [0.3, 0.4) is 0 Å². The maximum absolute atomic E-state index is 6.02. The maximum atomic E-state index is 6.02. The summed E-state index contributed by atoms with van der Waals surface area (Å²) in [4.78, 5) is 2.40. The fourth-order valence-electron chi connectivity index (χ4n) is 2.67. The predicted molar refractivity (Wildman–Crippen MR) is 76.0 cm³/mol. The number of rotatable bonds is 6. The molecular weight excluding hydrogens is 246 g/mol. The minimum atomic E-state index is 0.427. The number of nitrogens with zero attached hydrogens (tertiary/aromatic N) is 3. The van der Waals surface area contributed by atoms with E-state index < -0.39 is 0 Å². The molecule has 0 unspecified atom stereocenters. The van der Waals surface area contributed by atoms with E-state index in [0.29, 0.717) is 5.38 Å². The monoisotopic (exact) mass is 269 g/mol. The summed E-state index contributed by atoms with van der Waals surface area (Å²) in [5.74, 6) is 0.793. The van der Waals surface area contributed by atoms with Crippen molar-refractivity contribution in [1.29, 1.82) is 0 Å². The molecule has 0 spiro atoms. The minimum Gasteiger partial charge on any atom is -0.300 e. The lowest BCUT2D eigenvalue weighted by Gasteiger charge is -2.34. The Bertz CT molecular complexity index is 382. The van der Waals surface area contributed by atoms with Crippen molar-refractivity contribution < 1.29 is 0 Å². The van der Waals surface area contributed by atoms with Gasteiger partial charge in [-0.25, -0.2) is 0 Å². The van der Waals surface area contributed by atoms with Crippen LogP contribution in [0.2, 0.25) is 0 Å². The Hall–Kier alpha value is -0.540. The summed E-state index contributed by atoms with van der Waals surface area (Å²) >= 11 is 6.02. The highest BCUT2D eigenvalue weighted by Crippen LogP contribution is 2.32. The summed E-state index contributed by atoms with van der Waals surface area (Å²) in [6.07, 6.45) is 3.37. The Labute approximate surface area is 115 Å². The Morgan fingerprint density at radius 3 is 2.72 bits per heavy atom. The van der Waals surface area contributed by atoms with Crippen molar-refractivity contribution in [1.82, 2.24) is 14.7 Å². The van der Waals surface area contributed by atoms with Crippen LogP contribution >= 0.6 is 11.6 Å². The van der Waals surface area contributed by atoms with Crippen LogP contribution in [0.15, 0.2) is 6.07 Å². The summed E-state index contributed by atoms with van der Waals surface area (Å²) in [7, 11) is 2.19. The van der Waals surface area contributed by atoms with E-state index in [-0.39, 0.29) is 0 Å². The van der Waals surface area contributed by atoms with Gasteiger partial charge in [0.15, 0.2) is 0 Å². The summed E-state index contributed by atoms with van der Waals surface area (Å²) in [5.41, 5.74) is 2.53. The van der Waals surface area contributed by atoms with Crippen molar-refractivity contribution in [2.75, 3.05) is 13.6 Å². The smallest absolute Gasteiger partial charge is 0.0625 e. The van der Waals surface area contributed by atoms with Crippen LogP contribution in [0, 0.1) is 5.92 Å². The Balaban J connectivity index is 1.89. The van der Waals surface area contributed by atoms with Crippen LogP contribution in [0.5, 0.6) is 0 Å². The van der Waals surface area contributed by atoms with E-state index in [9.17, 15) is 0 Å². The van der Waals surface area contributed by atoms with Crippen LogP contribution in [0.25, 0.3) is 0 Å². The number of hydrogen-bond donors (Lipinski definition) is 0. The predicted octanol–water partition coefficient (Wildman–Crippen LogP) is 2.91. The molecule has 1 saturated carbocycles. The molecule has 0 atom stereocenters. The Kier molecular flexibility index (Phi) is 4.68. The lowest BCUT2D eigenvalue weighted by Crippen LogP contribution is -2.34. The molecule has 0 radical (unpaired) electrons. The summed E-state index contributed by atoms with van der Waals surface area (Å²) in [6.45, 7) is 7.41. The summed E-state index contributed by atoms with van der Waals surface area (Å²) < 4.78 is 2.13. The number of aryl methyl sites for hydroxylation is 2. The first-order valence-electron chi connectivity index (χ1n) is 7.00. The third-order valence-corrected chi connectivity index (χ3v) is 4.11. The van der Waals surface area contributed by atoms with E-state index in [1.54, 1.807) is 0 Å². The molecule has 1 heterocycles. The zero-order valence-corrected chi connectivity index (χ0v) is 12.5. The molecule has 3 nitrogen and oxygen atoms in total. The van der Waals surface area contributed by atoms with Crippen LogP contribution in [0.4, 0.5) is 0 Å². The quantitative estimate of drug-likeness (QED) is 0.741. The van der Waals surface area contributed by atoms with Crippen molar-refractivity contribution >= 4 is 11.6 Å². The highest BCUT2D eigenvalue weighted by Gasteiger charge is 2.28. The van der Waals surface area contributed by atoms with Crippen molar-refractivity contribution in [3.05, 3.63) is 17.5 Å². The zero-order valence-electron chi connectivity index (χ0n) is 11.7. The number of aromatic nitrogens is 2. The van der Waals surface area contributed by atoms with Gasteiger partial charge in [0.1, 0.15) is 0 Å². The fraction of sp³-hybridized carbons (Fsp3) is 0.786. The minimum absolute atomic E-state index is 0.427. The van der Waals surface area contributed by atoms with E-state index >= 15 is 0 Å². The molecule has 0 saturated heterocycles. The number of alkyl halides is 1. The lowest BCUT2D eigenvalue weighted by atomic mass is 9.84. The van der Waals surface area contributed by atoms with Gasteiger partial charge in [-0.1, -0.05) is 6.92 Å². The third kappa shape index (κ3) is 3.27. The molecule has 2 rings (SSSR count). The average molecular weight is 270 g/mol. The van der Waals surface area contributed by atoms with Gasteiger partial charge in [-0.2, -0.15) is 5.10 Å². The molecule has 1 aliphatic carbocycles. The van der Waals surface area contributed by atoms with Gasteiger partial charge in [0, 0.05) is 25.0 Å². The first-order valence-corrected chi connectivity index (χ1v) is 7.44. The van der Waals surface area contributed by atoms with E-state index in [0.717, 1.165) is 32.0 Å². The zero-order chi connectivity index (χ0) is 13.1. The van der Waals surface area contributed by atoms with Gasteiger partial charge < -0.3 is 4.90 Å². The molecule has 1 aromatic rings. The molecule has 0 aromatic carbocycles. The van der Waals surface area contributed by atoms with Crippen LogP contribution in [-0.4, -0.2) is 33.6 Å². The SMILES string of the molecule is CCc1cc(CN(C)CC2CC(Cl)C2)n(CC)n1. The highest BCUT2D eigenvalue weighted by atomic mass is 35.5. The second-order valence-corrected chi connectivity index (χ2v) is 6.05. The van der Waals surface area contributed by atoms with Crippen molar-refractivity contribution in [3.8, 4) is 0 Å². The van der Waals surface area contributed by atoms with Crippen molar-refractivity contribution in [2.45, 2.75) is 51.6 Å². The lowest BCUT2D eigenvalue weighted by molar-refractivity contribution is 0.200. The summed E-state index contributed by atoms with van der Waals surface area (Å²) in [6, 6.07) is 2.24. The van der Waals surface area contributed by atoms with E-state index in [1.165, 1.54) is 24.2 Å². The third-order valence-electron chi connectivity index (χ3n) is 3.76. The van der Waals surface area contributed by atoms with Gasteiger partial charge in [0.2, 0.25) is 0 Å². The van der Waals surface area contributed by atoms with Gasteiger partial charge >= 0.3 is 0 Å². The summed E-state index contributed by atoms with van der Waals surface area (Å²) in [5, 5.41) is 5.02. The van der Waals surface area contributed by atoms with Gasteiger partial charge in [-0.05, 0) is 45.2 Å². The van der Waals surface area contributed by atoms with Crippen molar-refractivity contribution in [2.24, 2.45) is 5.92 Å². The first kappa shape index (κ1) is 13.9. The van der Waals surface area contributed by atoms with Crippen LogP contribution in [0.1, 0.15) is 38.1 Å². The van der Waals surface area contributed by atoms with Crippen molar-refractivity contribution in [3.63, 3.8) is 0 Å². The largest absolute Gasteiger partial charge is 0.300 e. The second-order valence-electron chi connectivity index (χ2n) is 5.43. The fourth-order valence-corrected chi connectivity index (χ4v) is 3.18. The molecule has 0 aliphatic heterocycles. The molecule has 0 N–H and O–H groups in total. The number of hydrogen-bond acceptors (Lipinski definition) is 2. The van der Waals surface area contributed by atoms with E-state index in [2.05, 4.69) is 41.6 Å². The molecule has 1 aromatic heterocycles. The van der Waals surface area contributed by atoms with Gasteiger partial charge in [-0.15, -0.1) is 11.6 Å². The molecule has 4 heteroatoms. The molecule has 102 valence electrons. The Morgan fingerprint density at radius 1 is 1.44 bits per heavy atom. The molecule has 0 amide bonds. The first-order chi connectivity index (χ1) is 8.62. The molecular formula is C14H24ClN3. The molecule has 18 heavy (non-hydrogen) atoms. The van der Waals surface area contributed by atoms with E-state index in [4.69, 9.17) is 11.6 Å². The Morgan fingerprint density at radius 2 is 2.17 bits per heavy atom. The average Bonchev–Trinajstić information content (AvgIpc) is 2.69. The highest BCUT2D eigenvalue weighted by molar-refractivity contribution is 6.21. The van der Waals surface area contributed by atoms with Crippen LogP contribution in [-0.2, 0) is 19.5 Å². The molecule has 1 fully saturated rings. The normalized spacial score (nSPS) is 23.4. The van der Waals surface area contributed by atoms with E-state index in [1.807, 2.05) is 0 Å². The van der Waals surface area contributed by atoms with Gasteiger partial charge in [0.05, 0.1) is 11.4 Å². The van der Waals surface area contributed by atoms with Crippen LogP contribution < -0.4 is 0 Å². The van der Waals surface area contributed by atoms with Gasteiger partial charge in [-0.3, -0.25) is 4.68 Å². The van der Waals surface area contributed by atoms with Gasteiger partial charge in [0.25, 0.3) is 0 Å². The second kappa shape index (κ2) is 6.07. The topological polar surface area (TPSA) is 21.1 Å².